The summed E-state index contributed by atoms with van der Waals surface area (Å²) in [6.07, 6.45) is 3.88. The van der Waals surface area contributed by atoms with Gasteiger partial charge in [-0.05, 0) is 58.7 Å². The molecule has 1 aliphatic heterocycles. The van der Waals surface area contributed by atoms with E-state index in [2.05, 4.69) is 24.3 Å². The molecule has 0 aromatic heterocycles. The number of methoxy groups -OCH3 is 1. The fourth-order valence-electron chi connectivity index (χ4n) is 4.01. The zero-order valence-corrected chi connectivity index (χ0v) is 18.3. The number of ether oxygens (including phenoxy) is 1. The first kappa shape index (κ1) is 20.5. The van der Waals surface area contributed by atoms with Crippen LogP contribution in [-0.2, 0) is 4.79 Å². The fraction of sp³-hybridized carbons (Fsp3) is 0.0333. The Hall–Kier alpha value is -4.37. The van der Waals surface area contributed by atoms with Crippen LogP contribution in [0.3, 0.4) is 0 Å². The Morgan fingerprint density at radius 2 is 1.24 bits per heavy atom. The van der Waals surface area contributed by atoms with Crippen molar-refractivity contribution in [2.75, 3.05) is 12.0 Å². The predicted octanol–water partition coefficient (Wildman–Crippen LogP) is 6.83. The van der Waals surface area contributed by atoms with E-state index in [-0.39, 0.29) is 5.91 Å². The van der Waals surface area contributed by atoms with E-state index in [4.69, 9.17) is 4.74 Å². The van der Waals surface area contributed by atoms with Crippen LogP contribution in [0.4, 0.5) is 5.69 Å². The quantitative estimate of drug-likeness (QED) is 0.325. The topological polar surface area (TPSA) is 29.5 Å². The number of benzene rings is 4. The van der Waals surface area contributed by atoms with Crippen LogP contribution in [0.15, 0.2) is 121 Å². The maximum absolute atomic E-state index is 13.6. The molecule has 3 heteroatoms. The van der Waals surface area contributed by atoms with Gasteiger partial charge in [-0.3, -0.25) is 9.69 Å². The molecule has 0 saturated heterocycles. The van der Waals surface area contributed by atoms with E-state index in [1.165, 1.54) is 0 Å². The van der Waals surface area contributed by atoms with Crippen molar-refractivity contribution in [3.8, 4) is 16.9 Å². The monoisotopic (exact) mass is 429 g/mol. The largest absolute Gasteiger partial charge is 0.497 e. The van der Waals surface area contributed by atoms with Gasteiger partial charge in [0.15, 0.2) is 0 Å². The molecule has 0 fully saturated rings. The van der Waals surface area contributed by atoms with Gasteiger partial charge < -0.3 is 4.74 Å². The zero-order chi connectivity index (χ0) is 22.6. The molecule has 0 saturated carbocycles. The molecule has 0 radical (unpaired) electrons. The number of nitrogens with zero attached hydrogens (tertiary/aromatic N) is 1. The lowest BCUT2D eigenvalue weighted by Crippen LogP contribution is -2.24. The number of hydrogen-bond acceptors (Lipinski definition) is 2. The van der Waals surface area contributed by atoms with Gasteiger partial charge in [-0.2, -0.15) is 0 Å². The van der Waals surface area contributed by atoms with Crippen LogP contribution >= 0.6 is 0 Å². The molecule has 0 unspecified atom stereocenters. The summed E-state index contributed by atoms with van der Waals surface area (Å²) in [5.74, 6) is 0.743. The first-order valence-electron chi connectivity index (χ1n) is 10.9. The molecule has 1 aliphatic rings. The maximum Gasteiger partial charge on any atom is 0.262 e. The molecule has 3 nitrogen and oxygen atoms in total. The highest BCUT2D eigenvalue weighted by molar-refractivity contribution is 6.23. The second-order valence-electron chi connectivity index (χ2n) is 7.82. The van der Waals surface area contributed by atoms with Crippen molar-refractivity contribution >= 4 is 23.4 Å². The van der Waals surface area contributed by atoms with Crippen molar-refractivity contribution in [3.63, 3.8) is 0 Å². The molecule has 33 heavy (non-hydrogen) atoms. The summed E-state index contributed by atoms with van der Waals surface area (Å²) in [6.45, 7) is 0. The van der Waals surface area contributed by atoms with Crippen LogP contribution in [0.5, 0.6) is 5.75 Å². The van der Waals surface area contributed by atoms with E-state index in [0.29, 0.717) is 5.57 Å². The second kappa shape index (κ2) is 9.01. The minimum atomic E-state index is -0.0443. The normalized spacial score (nSPS) is 14.5. The summed E-state index contributed by atoms with van der Waals surface area (Å²) in [5.41, 5.74) is 6.56. The van der Waals surface area contributed by atoms with E-state index in [1.807, 2.05) is 97.1 Å². The first-order valence-corrected chi connectivity index (χ1v) is 10.9. The Balaban J connectivity index is 1.53. The first-order chi connectivity index (χ1) is 16.2. The van der Waals surface area contributed by atoms with E-state index < -0.39 is 0 Å². The van der Waals surface area contributed by atoms with Crippen LogP contribution in [0, 0.1) is 0 Å². The van der Waals surface area contributed by atoms with E-state index >= 15 is 0 Å². The zero-order valence-electron chi connectivity index (χ0n) is 18.3. The SMILES string of the molecule is COc1ccc(C=C2C=C(c3ccccc3)N(c3ccc(-c4ccccc4)cc3)C2=O)cc1. The highest BCUT2D eigenvalue weighted by atomic mass is 16.5. The third kappa shape index (κ3) is 4.21. The van der Waals surface area contributed by atoms with Crippen molar-refractivity contribution in [2.24, 2.45) is 0 Å². The summed E-state index contributed by atoms with van der Waals surface area (Å²) < 4.78 is 5.24. The van der Waals surface area contributed by atoms with Crippen molar-refractivity contribution in [1.82, 2.24) is 0 Å². The number of amides is 1. The lowest BCUT2D eigenvalue weighted by molar-refractivity contribution is -0.113. The number of carbonyl (C=O) groups excluding carboxylic acids is 1. The number of carbonyl (C=O) groups is 1. The van der Waals surface area contributed by atoms with Gasteiger partial charge in [0.1, 0.15) is 5.75 Å². The third-order valence-corrected chi connectivity index (χ3v) is 5.72. The summed E-state index contributed by atoms with van der Waals surface area (Å²) in [5, 5.41) is 0. The van der Waals surface area contributed by atoms with Gasteiger partial charge in [-0.25, -0.2) is 0 Å². The standard InChI is InChI=1S/C30H23NO2/c1-33-28-18-12-22(13-19-28)20-26-21-29(25-10-6-3-7-11-25)31(30(26)32)27-16-14-24(15-17-27)23-8-4-2-5-9-23/h2-21H,1H3. The summed E-state index contributed by atoms with van der Waals surface area (Å²) in [4.78, 5) is 15.3. The van der Waals surface area contributed by atoms with Gasteiger partial charge in [0.25, 0.3) is 5.91 Å². The minimum Gasteiger partial charge on any atom is -0.497 e. The summed E-state index contributed by atoms with van der Waals surface area (Å²) in [6, 6.07) is 36.1. The van der Waals surface area contributed by atoms with Crippen molar-refractivity contribution in [3.05, 3.63) is 132 Å². The fourth-order valence-corrected chi connectivity index (χ4v) is 4.01. The van der Waals surface area contributed by atoms with Crippen molar-refractivity contribution in [1.29, 1.82) is 0 Å². The molecule has 0 spiro atoms. The number of hydrogen-bond donors (Lipinski definition) is 0. The van der Waals surface area contributed by atoms with Crippen LogP contribution in [0.2, 0.25) is 0 Å². The molecule has 5 rings (SSSR count). The molecule has 4 aromatic carbocycles. The highest BCUT2D eigenvalue weighted by Gasteiger charge is 2.30. The van der Waals surface area contributed by atoms with Gasteiger partial charge in [0.2, 0.25) is 0 Å². The molecule has 0 aliphatic carbocycles. The van der Waals surface area contributed by atoms with E-state index in [9.17, 15) is 4.79 Å². The van der Waals surface area contributed by atoms with Gasteiger partial charge in [0.05, 0.1) is 12.8 Å². The molecule has 4 aromatic rings. The summed E-state index contributed by atoms with van der Waals surface area (Å²) in [7, 11) is 1.64. The number of anilines is 1. The van der Waals surface area contributed by atoms with Gasteiger partial charge in [0, 0.05) is 11.3 Å². The predicted molar refractivity (Wildman–Crippen MR) is 135 cm³/mol. The molecule has 0 atom stereocenters. The van der Waals surface area contributed by atoms with Crippen LogP contribution in [0.1, 0.15) is 11.1 Å². The Morgan fingerprint density at radius 1 is 0.667 bits per heavy atom. The summed E-state index contributed by atoms with van der Waals surface area (Å²) >= 11 is 0. The Kier molecular flexibility index (Phi) is 5.61. The van der Waals surface area contributed by atoms with Gasteiger partial charge in [-0.1, -0.05) is 84.9 Å². The maximum atomic E-state index is 13.6. The average molecular weight is 430 g/mol. The second-order valence-corrected chi connectivity index (χ2v) is 7.82. The van der Waals surface area contributed by atoms with Crippen LogP contribution < -0.4 is 9.64 Å². The molecule has 1 amide bonds. The van der Waals surface area contributed by atoms with Gasteiger partial charge >= 0.3 is 0 Å². The smallest absolute Gasteiger partial charge is 0.262 e. The lowest BCUT2D eigenvalue weighted by atomic mass is 10.0. The number of rotatable bonds is 5. The van der Waals surface area contributed by atoms with Crippen LogP contribution in [0.25, 0.3) is 22.9 Å². The molecule has 160 valence electrons. The molecule has 1 heterocycles. The van der Waals surface area contributed by atoms with Crippen LogP contribution in [-0.4, -0.2) is 13.0 Å². The Bertz CT molecular complexity index is 1320. The van der Waals surface area contributed by atoms with Gasteiger partial charge in [-0.15, -0.1) is 0 Å². The minimum absolute atomic E-state index is 0.0443. The third-order valence-electron chi connectivity index (χ3n) is 5.72. The van der Waals surface area contributed by atoms with E-state index in [0.717, 1.165) is 39.4 Å². The molecule has 0 bridgehead atoms. The molecule has 0 N–H and O–H groups in total. The van der Waals surface area contributed by atoms with E-state index in [1.54, 1.807) is 12.0 Å². The Labute approximate surface area is 193 Å². The van der Waals surface area contributed by atoms with Crippen molar-refractivity contribution in [2.45, 2.75) is 0 Å². The molecular formula is C30H23NO2. The average Bonchev–Trinajstić information content (AvgIpc) is 3.21. The highest BCUT2D eigenvalue weighted by Crippen LogP contribution is 2.36. The van der Waals surface area contributed by atoms with Crippen molar-refractivity contribution < 1.29 is 9.53 Å². The molecular weight excluding hydrogens is 406 g/mol. The Morgan fingerprint density at radius 3 is 1.85 bits per heavy atom. The lowest BCUT2D eigenvalue weighted by Gasteiger charge is -2.21.